The summed E-state index contributed by atoms with van der Waals surface area (Å²) in [5.41, 5.74) is 7.82. The Morgan fingerprint density at radius 2 is 1.88 bits per heavy atom. The van der Waals surface area contributed by atoms with Gasteiger partial charge in [0, 0.05) is 21.6 Å². The van der Waals surface area contributed by atoms with Crippen molar-refractivity contribution in [2.75, 3.05) is 0 Å². The second-order valence-corrected chi connectivity index (χ2v) is 5.65. The number of hydrogen-bond donors (Lipinski definition) is 1. The number of hydrogen-bond acceptors (Lipinski definition) is 3. The van der Waals surface area contributed by atoms with E-state index in [0.29, 0.717) is 6.54 Å². The Kier molecular flexibility index (Phi) is 4.20. The Hall–Kier alpha value is -0.840. The minimum absolute atomic E-state index is 0.520. The molecule has 0 saturated carbocycles. The molecule has 0 aliphatic heterocycles. The van der Waals surface area contributed by atoms with E-state index in [-0.39, 0.29) is 0 Å². The molecular formula is C13H13BrN2S. The van der Waals surface area contributed by atoms with Crippen LogP contribution in [-0.4, -0.2) is 4.98 Å². The molecule has 1 aromatic heterocycles. The van der Waals surface area contributed by atoms with E-state index in [1.807, 2.05) is 31.2 Å². The van der Waals surface area contributed by atoms with E-state index in [4.69, 9.17) is 5.73 Å². The lowest BCUT2D eigenvalue weighted by molar-refractivity contribution is 0.941. The molecule has 0 saturated heterocycles. The maximum absolute atomic E-state index is 5.72. The minimum atomic E-state index is 0.520. The molecule has 0 fully saturated rings. The van der Waals surface area contributed by atoms with E-state index in [9.17, 15) is 0 Å². The molecule has 0 atom stereocenters. The fraction of sp³-hybridized carbons (Fsp3) is 0.154. The summed E-state index contributed by atoms with van der Waals surface area (Å²) in [6, 6.07) is 12.2. The summed E-state index contributed by atoms with van der Waals surface area (Å²) in [5, 5.41) is 0.995. The molecule has 0 aliphatic carbocycles. The second kappa shape index (κ2) is 5.67. The SMILES string of the molecule is Cc1ccc(CN)c(Sc2ccc(Br)cc2)n1. The van der Waals surface area contributed by atoms with E-state index >= 15 is 0 Å². The van der Waals surface area contributed by atoms with Crippen LogP contribution in [0.4, 0.5) is 0 Å². The van der Waals surface area contributed by atoms with Crippen molar-refractivity contribution in [3.8, 4) is 0 Å². The minimum Gasteiger partial charge on any atom is -0.326 e. The van der Waals surface area contributed by atoms with Gasteiger partial charge in [-0.2, -0.15) is 0 Å². The van der Waals surface area contributed by atoms with Crippen molar-refractivity contribution in [2.24, 2.45) is 5.73 Å². The van der Waals surface area contributed by atoms with Crippen LogP contribution in [0.5, 0.6) is 0 Å². The van der Waals surface area contributed by atoms with Crippen LogP contribution in [0.15, 0.2) is 50.8 Å². The molecule has 0 radical (unpaired) electrons. The predicted octanol–water partition coefficient (Wildman–Crippen LogP) is 3.76. The molecule has 2 N–H and O–H groups in total. The zero-order valence-electron chi connectivity index (χ0n) is 9.48. The second-order valence-electron chi connectivity index (χ2n) is 3.68. The number of nitrogens with two attached hydrogens (primary N) is 1. The molecule has 0 bridgehead atoms. The Labute approximate surface area is 114 Å². The van der Waals surface area contributed by atoms with E-state index in [1.54, 1.807) is 11.8 Å². The van der Waals surface area contributed by atoms with Crippen LogP contribution < -0.4 is 5.73 Å². The van der Waals surface area contributed by atoms with Gasteiger partial charge in [-0.25, -0.2) is 4.98 Å². The summed E-state index contributed by atoms with van der Waals surface area (Å²) in [4.78, 5) is 5.70. The number of aromatic nitrogens is 1. The zero-order valence-corrected chi connectivity index (χ0v) is 11.9. The molecule has 2 aromatic rings. The lowest BCUT2D eigenvalue weighted by atomic mass is 10.2. The van der Waals surface area contributed by atoms with Gasteiger partial charge in [-0.05, 0) is 42.8 Å². The summed E-state index contributed by atoms with van der Waals surface area (Å²) in [5.74, 6) is 0. The summed E-state index contributed by atoms with van der Waals surface area (Å²) >= 11 is 5.08. The highest BCUT2D eigenvalue weighted by molar-refractivity contribution is 9.10. The van der Waals surface area contributed by atoms with Gasteiger partial charge in [-0.15, -0.1) is 0 Å². The number of halogens is 1. The van der Waals surface area contributed by atoms with Gasteiger partial charge in [-0.1, -0.05) is 33.8 Å². The fourth-order valence-corrected chi connectivity index (χ4v) is 2.65. The summed E-state index contributed by atoms with van der Waals surface area (Å²) < 4.78 is 1.08. The number of aryl methyl sites for hydroxylation is 1. The Morgan fingerprint density at radius 1 is 1.18 bits per heavy atom. The molecule has 0 amide bonds. The molecular weight excluding hydrogens is 296 g/mol. The van der Waals surface area contributed by atoms with Gasteiger partial charge in [0.05, 0.1) is 0 Å². The van der Waals surface area contributed by atoms with Crippen LogP contribution in [0.25, 0.3) is 0 Å². The quantitative estimate of drug-likeness (QED) is 0.938. The van der Waals surface area contributed by atoms with E-state index < -0.39 is 0 Å². The van der Waals surface area contributed by atoms with Gasteiger partial charge < -0.3 is 5.73 Å². The Bertz CT molecular complexity index is 511. The molecule has 2 rings (SSSR count). The standard InChI is InChI=1S/C13H13BrN2S/c1-9-2-3-10(8-15)13(16-9)17-12-6-4-11(14)5-7-12/h2-7H,8,15H2,1H3. The third-order valence-corrected chi connectivity index (χ3v) is 3.91. The monoisotopic (exact) mass is 308 g/mol. The van der Waals surface area contributed by atoms with Gasteiger partial charge in [0.2, 0.25) is 0 Å². The average Bonchev–Trinajstić information content (AvgIpc) is 2.32. The van der Waals surface area contributed by atoms with E-state index in [2.05, 4.69) is 33.0 Å². The number of benzene rings is 1. The van der Waals surface area contributed by atoms with Crippen molar-refractivity contribution in [1.29, 1.82) is 0 Å². The first-order valence-electron chi connectivity index (χ1n) is 5.29. The van der Waals surface area contributed by atoms with Crippen molar-refractivity contribution in [1.82, 2.24) is 4.98 Å². The first kappa shape index (κ1) is 12.6. The molecule has 2 nitrogen and oxygen atoms in total. The number of nitrogens with zero attached hydrogens (tertiary/aromatic N) is 1. The Balaban J connectivity index is 2.28. The van der Waals surface area contributed by atoms with Gasteiger partial charge in [-0.3, -0.25) is 0 Å². The summed E-state index contributed by atoms with van der Waals surface area (Å²) in [6.07, 6.45) is 0. The first-order chi connectivity index (χ1) is 8.19. The maximum Gasteiger partial charge on any atom is 0.106 e. The average molecular weight is 309 g/mol. The Morgan fingerprint density at radius 3 is 2.53 bits per heavy atom. The molecule has 1 heterocycles. The molecule has 0 spiro atoms. The van der Waals surface area contributed by atoms with Gasteiger partial charge in [0.15, 0.2) is 0 Å². The third kappa shape index (κ3) is 3.31. The van der Waals surface area contributed by atoms with Crippen molar-refractivity contribution in [2.45, 2.75) is 23.4 Å². The number of pyridine rings is 1. The van der Waals surface area contributed by atoms with E-state index in [0.717, 1.165) is 20.8 Å². The van der Waals surface area contributed by atoms with Crippen molar-refractivity contribution < 1.29 is 0 Å². The predicted molar refractivity (Wildman–Crippen MR) is 75.1 cm³/mol. The molecule has 0 unspecified atom stereocenters. The normalized spacial score (nSPS) is 10.5. The van der Waals surface area contributed by atoms with Crippen LogP contribution in [0.3, 0.4) is 0 Å². The van der Waals surface area contributed by atoms with Gasteiger partial charge in [0.25, 0.3) is 0 Å². The van der Waals surface area contributed by atoms with Crippen LogP contribution >= 0.6 is 27.7 Å². The third-order valence-electron chi connectivity index (χ3n) is 2.33. The smallest absolute Gasteiger partial charge is 0.106 e. The summed E-state index contributed by atoms with van der Waals surface area (Å²) in [6.45, 7) is 2.51. The first-order valence-corrected chi connectivity index (χ1v) is 6.90. The van der Waals surface area contributed by atoms with Crippen LogP contribution in [0.1, 0.15) is 11.3 Å². The van der Waals surface area contributed by atoms with Crippen LogP contribution in [0, 0.1) is 6.92 Å². The van der Waals surface area contributed by atoms with Gasteiger partial charge in [0.1, 0.15) is 5.03 Å². The molecule has 1 aromatic carbocycles. The molecule has 88 valence electrons. The van der Waals surface area contributed by atoms with Gasteiger partial charge >= 0.3 is 0 Å². The molecule has 0 aliphatic rings. The maximum atomic E-state index is 5.72. The highest BCUT2D eigenvalue weighted by Crippen LogP contribution is 2.29. The van der Waals surface area contributed by atoms with Crippen molar-refractivity contribution in [3.63, 3.8) is 0 Å². The van der Waals surface area contributed by atoms with Crippen molar-refractivity contribution >= 4 is 27.7 Å². The fourth-order valence-electron chi connectivity index (χ4n) is 1.42. The summed E-state index contributed by atoms with van der Waals surface area (Å²) in [7, 11) is 0. The zero-order chi connectivity index (χ0) is 12.3. The molecule has 17 heavy (non-hydrogen) atoms. The topological polar surface area (TPSA) is 38.9 Å². The van der Waals surface area contributed by atoms with E-state index in [1.165, 1.54) is 4.90 Å². The molecule has 4 heteroatoms. The van der Waals surface area contributed by atoms with Crippen LogP contribution in [-0.2, 0) is 6.54 Å². The van der Waals surface area contributed by atoms with Crippen LogP contribution in [0.2, 0.25) is 0 Å². The van der Waals surface area contributed by atoms with Crippen molar-refractivity contribution in [3.05, 3.63) is 52.1 Å². The lowest BCUT2D eigenvalue weighted by Gasteiger charge is -2.07. The lowest BCUT2D eigenvalue weighted by Crippen LogP contribution is -2.00. The highest BCUT2D eigenvalue weighted by atomic mass is 79.9. The largest absolute Gasteiger partial charge is 0.326 e. The highest BCUT2D eigenvalue weighted by Gasteiger charge is 2.05. The number of rotatable bonds is 3.